The van der Waals surface area contributed by atoms with Crippen LogP contribution in [0.5, 0.6) is 0 Å². The highest BCUT2D eigenvalue weighted by Crippen LogP contribution is 2.21. The number of sulfonamides is 1. The SMILES string of the molecule is Cc1cc(F)ccc1S(=O)(=O)N(C)Cc1cnn(-c2ccccc2)c1. The molecule has 7 heteroatoms. The molecule has 1 heterocycles. The molecule has 1 aromatic heterocycles. The van der Waals surface area contributed by atoms with Crippen LogP contribution in [0.3, 0.4) is 0 Å². The van der Waals surface area contributed by atoms with Gasteiger partial charge in [-0.15, -0.1) is 0 Å². The van der Waals surface area contributed by atoms with Crippen LogP contribution in [0.4, 0.5) is 4.39 Å². The molecular weight excluding hydrogens is 341 g/mol. The van der Waals surface area contributed by atoms with Crippen LogP contribution in [0, 0.1) is 12.7 Å². The van der Waals surface area contributed by atoms with Crippen molar-refractivity contribution in [3.8, 4) is 5.69 Å². The van der Waals surface area contributed by atoms with E-state index in [4.69, 9.17) is 0 Å². The third kappa shape index (κ3) is 3.62. The third-order valence-electron chi connectivity index (χ3n) is 3.89. The molecular formula is C18H18FN3O2S. The Morgan fingerprint density at radius 1 is 1.16 bits per heavy atom. The molecule has 0 unspecified atom stereocenters. The first-order valence-electron chi connectivity index (χ1n) is 7.69. The summed E-state index contributed by atoms with van der Waals surface area (Å²) in [5.74, 6) is -0.455. The molecule has 3 rings (SSSR count). The summed E-state index contributed by atoms with van der Waals surface area (Å²) in [5.41, 5.74) is 2.04. The molecule has 0 spiro atoms. The number of nitrogens with zero attached hydrogens (tertiary/aromatic N) is 3. The van der Waals surface area contributed by atoms with E-state index in [1.807, 2.05) is 30.3 Å². The Hall–Kier alpha value is -2.51. The van der Waals surface area contributed by atoms with E-state index in [1.54, 1.807) is 24.0 Å². The number of para-hydroxylation sites is 1. The summed E-state index contributed by atoms with van der Waals surface area (Å²) in [5, 5.41) is 4.27. The average Bonchev–Trinajstić information content (AvgIpc) is 3.04. The van der Waals surface area contributed by atoms with Crippen LogP contribution < -0.4 is 0 Å². The Bertz CT molecular complexity index is 985. The zero-order valence-electron chi connectivity index (χ0n) is 13.9. The first kappa shape index (κ1) is 17.3. The van der Waals surface area contributed by atoms with Crippen molar-refractivity contribution in [2.24, 2.45) is 0 Å². The summed E-state index contributed by atoms with van der Waals surface area (Å²) in [4.78, 5) is 0.104. The average molecular weight is 359 g/mol. The standard InChI is InChI=1S/C18H18FN3O2S/c1-14-10-16(19)8-9-18(14)25(23,24)21(2)12-15-11-20-22(13-15)17-6-4-3-5-7-17/h3-11,13H,12H2,1-2H3. The van der Waals surface area contributed by atoms with Crippen LogP contribution in [-0.2, 0) is 16.6 Å². The molecule has 3 aromatic rings. The van der Waals surface area contributed by atoms with Crippen molar-refractivity contribution in [3.05, 3.63) is 77.9 Å². The zero-order chi connectivity index (χ0) is 18.0. The second-order valence-electron chi connectivity index (χ2n) is 5.80. The number of aromatic nitrogens is 2. The maximum absolute atomic E-state index is 13.2. The van der Waals surface area contributed by atoms with E-state index in [2.05, 4.69) is 5.10 Å². The molecule has 25 heavy (non-hydrogen) atoms. The predicted octanol–water partition coefficient (Wildman–Crippen LogP) is 3.14. The van der Waals surface area contributed by atoms with Crippen molar-refractivity contribution in [1.82, 2.24) is 14.1 Å². The lowest BCUT2D eigenvalue weighted by Gasteiger charge is -2.17. The van der Waals surface area contributed by atoms with Gasteiger partial charge in [0.1, 0.15) is 5.82 Å². The number of rotatable bonds is 5. The number of benzene rings is 2. The maximum Gasteiger partial charge on any atom is 0.243 e. The number of aryl methyl sites for hydroxylation is 1. The van der Waals surface area contributed by atoms with E-state index in [-0.39, 0.29) is 11.4 Å². The highest BCUT2D eigenvalue weighted by Gasteiger charge is 2.23. The van der Waals surface area contributed by atoms with E-state index in [9.17, 15) is 12.8 Å². The van der Waals surface area contributed by atoms with Crippen LogP contribution in [0.1, 0.15) is 11.1 Å². The Labute approximate surface area is 146 Å². The van der Waals surface area contributed by atoms with Gasteiger partial charge < -0.3 is 0 Å². The predicted molar refractivity (Wildman–Crippen MR) is 93.4 cm³/mol. The summed E-state index contributed by atoms with van der Waals surface area (Å²) < 4.78 is 41.6. The molecule has 0 aliphatic rings. The minimum Gasteiger partial charge on any atom is -0.241 e. The van der Waals surface area contributed by atoms with Gasteiger partial charge in [0.15, 0.2) is 0 Å². The first-order valence-corrected chi connectivity index (χ1v) is 9.13. The Morgan fingerprint density at radius 2 is 1.88 bits per heavy atom. The second kappa shape index (κ2) is 6.78. The largest absolute Gasteiger partial charge is 0.243 e. The fourth-order valence-electron chi connectivity index (χ4n) is 2.58. The molecule has 2 aromatic carbocycles. The van der Waals surface area contributed by atoms with E-state index >= 15 is 0 Å². The van der Waals surface area contributed by atoms with E-state index < -0.39 is 15.8 Å². The molecule has 0 radical (unpaired) electrons. The first-order chi connectivity index (χ1) is 11.9. The molecule has 0 amide bonds. The van der Waals surface area contributed by atoms with Gasteiger partial charge in [-0.1, -0.05) is 18.2 Å². The fourth-order valence-corrected chi connectivity index (χ4v) is 3.94. The monoisotopic (exact) mass is 359 g/mol. The van der Waals surface area contributed by atoms with Gasteiger partial charge in [-0.2, -0.15) is 9.40 Å². The lowest BCUT2D eigenvalue weighted by molar-refractivity contribution is 0.466. The van der Waals surface area contributed by atoms with Gasteiger partial charge in [-0.25, -0.2) is 17.5 Å². The van der Waals surface area contributed by atoms with Crippen molar-refractivity contribution in [1.29, 1.82) is 0 Å². The zero-order valence-corrected chi connectivity index (χ0v) is 14.7. The minimum atomic E-state index is -3.71. The van der Waals surface area contributed by atoms with E-state index in [0.29, 0.717) is 5.56 Å². The Balaban J connectivity index is 1.82. The van der Waals surface area contributed by atoms with Gasteiger partial charge in [-0.3, -0.25) is 0 Å². The van der Waals surface area contributed by atoms with Gasteiger partial charge in [0.2, 0.25) is 10.0 Å². The van der Waals surface area contributed by atoms with E-state index in [0.717, 1.165) is 17.3 Å². The van der Waals surface area contributed by atoms with Gasteiger partial charge in [0.05, 0.1) is 16.8 Å². The topological polar surface area (TPSA) is 55.2 Å². The molecule has 0 aliphatic heterocycles. The summed E-state index contributed by atoms with van der Waals surface area (Å²) in [6.45, 7) is 1.75. The quantitative estimate of drug-likeness (QED) is 0.703. The third-order valence-corrected chi connectivity index (χ3v) is 5.85. The van der Waals surface area contributed by atoms with Crippen molar-refractivity contribution in [2.75, 3.05) is 7.05 Å². The lowest BCUT2D eigenvalue weighted by Crippen LogP contribution is -2.27. The van der Waals surface area contributed by atoms with Crippen molar-refractivity contribution in [3.63, 3.8) is 0 Å². The summed E-state index contributed by atoms with van der Waals surface area (Å²) in [7, 11) is -2.21. The minimum absolute atomic E-state index is 0.104. The fraction of sp³-hybridized carbons (Fsp3) is 0.167. The number of hydrogen-bond acceptors (Lipinski definition) is 3. The van der Waals surface area contributed by atoms with Gasteiger partial charge in [0, 0.05) is 25.4 Å². The Kier molecular flexibility index (Phi) is 4.69. The van der Waals surface area contributed by atoms with Crippen LogP contribution in [-0.4, -0.2) is 29.6 Å². The normalized spacial score (nSPS) is 11.8. The molecule has 130 valence electrons. The van der Waals surface area contributed by atoms with Crippen molar-refractivity contribution < 1.29 is 12.8 Å². The molecule has 5 nitrogen and oxygen atoms in total. The number of halogens is 1. The van der Waals surface area contributed by atoms with Crippen molar-refractivity contribution >= 4 is 10.0 Å². The molecule has 0 saturated heterocycles. The molecule has 0 fully saturated rings. The Morgan fingerprint density at radius 3 is 2.56 bits per heavy atom. The van der Waals surface area contributed by atoms with Gasteiger partial charge in [0.25, 0.3) is 0 Å². The van der Waals surface area contributed by atoms with E-state index in [1.165, 1.54) is 23.5 Å². The maximum atomic E-state index is 13.2. The summed E-state index contributed by atoms with van der Waals surface area (Å²) in [6.07, 6.45) is 3.43. The molecule has 0 saturated carbocycles. The smallest absolute Gasteiger partial charge is 0.241 e. The van der Waals surface area contributed by atoms with Gasteiger partial charge >= 0.3 is 0 Å². The molecule has 0 aliphatic carbocycles. The van der Waals surface area contributed by atoms with Crippen LogP contribution in [0.2, 0.25) is 0 Å². The van der Waals surface area contributed by atoms with Crippen molar-refractivity contribution in [2.45, 2.75) is 18.4 Å². The van der Waals surface area contributed by atoms with Gasteiger partial charge in [-0.05, 0) is 42.8 Å². The second-order valence-corrected chi connectivity index (χ2v) is 7.81. The highest BCUT2D eigenvalue weighted by atomic mass is 32.2. The highest BCUT2D eigenvalue weighted by molar-refractivity contribution is 7.89. The van der Waals surface area contributed by atoms with Crippen LogP contribution in [0.15, 0.2) is 65.8 Å². The number of hydrogen-bond donors (Lipinski definition) is 0. The summed E-state index contributed by atoms with van der Waals surface area (Å²) in [6, 6.07) is 13.2. The summed E-state index contributed by atoms with van der Waals surface area (Å²) >= 11 is 0. The molecule has 0 N–H and O–H groups in total. The van der Waals surface area contributed by atoms with Crippen LogP contribution >= 0.6 is 0 Å². The van der Waals surface area contributed by atoms with Crippen LogP contribution in [0.25, 0.3) is 5.69 Å². The molecule has 0 bridgehead atoms. The lowest BCUT2D eigenvalue weighted by atomic mass is 10.2. The molecule has 0 atom stereocenters.